The van der Waals surface area contributed by atoms with Crippen LogP contribution in [-0.4, -0.2) is 14.5 Å². The van der Waals surface area contributed by atoms with Crippen molar-refractivity contribution in [3.63, 3.8) is 0 Å². The Morgan fingerprint density at radius 1 is 0.733 bits per heavy atom. The summed E-state index contributed by atoms with van der Waals surface area (Å²) in [6.45, 7) is 5.23. The van der Waals surface area contributed by atoms with Gasteiger partial charge >= 0.3 is 0 Å². The molecule has 0 fully saturated rings. The molecule has 0 atom stereocenters. The summed E-state index contributed by atoms with van der Waals surface area (Å²) in [6, 6.07) is 23.5. The number of rotatable bonds is 4. The highest BCUT2D eigenvalue weighted by Crippen LogP contribution is 2.30. The van der Waals surface area contributed by atoms with E-state index in [1.165, 1.54) is 32.9 Å². The monoisotopic (exact) mass is 389 g/mol. The van der Waals surface area contributed by atoms with E-state index >= 15 is 0 Å². The number of benzene rings is 2. The first-order chi connectivity index (χ1) is 14.7. The minimum absolute atomic E-state index is 0.891. The van der Waals surface area contributed by atoms with Gasteiger partial charge in [-0.2, -0.15) is 0 Å². The number of fused-ring (bicyclic) bond motifs is 3. The van der Waals surface area contributed by atoms with Crippen LogP contribution >= 0.6 is 0 Å². The molecule has 30 heavy (non-hydrogen) atoms. The molecule has 3 aromatic heterocycles. The maximum atomic E-state index is 4.49. The third-order valence-electron chi connectivity index (χ3n) is 5.54. The van der Waals surface area contributed by atoms with Gasteiger partial charge in [0.1, 0.15) is 0 Å². The van der Waals surface area contributed by atoms with Crippen molar-refractivity contribution < 1.29 is 0 Å². The Morgan fingerprint density at radius 2 is 1.43 bits per heavy atom. The number of aromatic nitrogens is 3. The molecule has 0 radical (unpaired) electrons. The zero-order valence-corrected chi connectivity index (χ0v) is 17.2. The van der Waals surface area contributed by atoms with E-state index in [9.17, 15) is 0 Å². The molecule has 0 saturated carbocycles. The molecule has 0 spiro atoms. The maximum absolute atomic E-state index is 4.49. The van der Waals surface area contributed by atoms with Crippen LogP contribution < -0.4 is 0 Å². The quantitative estimate of drug-likeness (QED) is 0.340. The normalized spacial score (nSPS) is 11.7. The van der Waals surface area contributed by atoms with Gasteiger partial charge in [0.2, 0.25) is 0 Å². The second kappa shape index (κ2) is 7.60. The minimum atomic E-state index is 0.891. The molecular formula is C27H23N3. The van der Waals surface area contributed by atoms with E-state index in [4.69, 9.17) is 0 Å². The Balaban J connectivity index is 1.51. The third-order valence-corrected chi connectivity index (χ3v) is 5.54. The highest BCUT2D eigenvalue weighted by Gasteiger charge is 2.09. The van der Waals surface area contributed by atoms with Crippen LogP contribution in [0.15, 0.2) is 79.1 Å². The Labute approximate surface area is 176 Å². The number of hydrogen-bond donors (Lipinski definition) is 0. The smallest absolute Gasteiger partial charge is 0.0892 e. The third kappa shape index (κ3) is 3.29. The highest BCUT2D eigenvalue weighted by molar-refractivity contribution is 6.08. The van der Waals surface area contributed by atoms with E-state index in [0.717, 1.165) is 23.5 Å². The number of nitrogens with zero attached hydrogens (tertiary/aromatic N) is 3. The van der Waals surface area contributed by atoms with Crippen LogP contribution in [0.25, 0.3) is 45.3 Å². The number of aryl methyl sites for hydroxylation is 2. The van der Waals surface area contributed by atoms with E-state index in [2.05, 4.69) is 95.1 Å². The summed E-state index contributed by atoms with van der Waals surface area (Å²) < 4.78 is 2.38. The van der Waals surface area contributed by atoms with Crippen molar-refractivity contribution in [3.8, 4) is 11.4 Å². The molecule has 3 heterocycles. The van der Waals surface area contributed by atoms with Crippen molar-refractivity contribution >= 4 is 34.0 Å². The van der Waals surface area contributed by atoms with Gasteiger partial charge in [0.15, 0.2) is 0 Å². The van der Waals surface area contributed by atoms with E-state index in [0.29, 0.717) is 0 Å². The van der Waals surface area contributed by atoms with Crippen LogP contribution in [-0.2, 0) is 6.54 Å². The van der Waals surface area contributed by atoms with Crippen molar-refractivity contribution in [2.45, 2.75) is 20.4 Å². The van der Waals surface area contributed by atoms with Crippen LogP contribution in [0.1, 0.15) is 23.6 Å². The molecule has 0 unspecified atom stereocenters. The number of para-hydroxylation sites is 1. The van der Waals surface area contributed by atoms with E-state index in [1.807, 2.05) is 24.5 Å². The van der Waals surface area contributed by atoms with Crippen molar-refractivity contribution in [3.05, 3.63) is 95.8 Å². The van der Waals surface area contributed by atoms with Crippen LogP contribution in [0.4, 0.5) is 0 Å². The largest absolute Gasteiger partial charge is 0.341 e. The fourth-order valence-corrected chi connectivity index (χ4v) is 4.07. The predicted molar refractivity (Wildman–Crippen MR) is 126 cm³/mol. The number of hydrogen-bond acceptors (Lipinski definition) is 2. The molecule has 5 rings (SSSR count). The lowest BCUT2D eigenvalue weighted by molar-refractivity contribution is 0.827. The van der Waals surface area contributed by atoms with Gasteiger partial charge < -0.3 is 4.57 Å². The van der Waals surface area contributed by atoms with Gasteiger partial charge in [-0.3, -0.25) is 9.97 Å². The summed E-state index contributed by atoms with van der Waals surface area (Å²) in [5.74, 6) is 0. The molecule has 0 aliphatic heterocycles. The molecule has 0 saturated heterocycles. The Bertz CT molecular complexity index is 1390. The van der Waals surface area contributed by atoms with Crippen LogP contribution in [0, 0.1) is 6.92 Å². The molecule has 0 amide bonds. The summed E-state index contributed by atoms with van der Waals surface area (Å²) >= 11 is 0. The minimum Gasteiger partial charge on any atom is -0.341 e. The summed E-state index contributed by atoms with van der Waals surface area (Å²) in [7, 11) is 0. The SMILES string of the molecule is CCn1c2ccccc2c2cc(/C=C/c3ccnc(-c4cc(C)ccn4)c3)ccc21. The summed E-state index contributed by atoms with van der Waals surface area (Å²) in [4.78, 5) is 8.95. The Morgan fingerprint density at radius 3 is 2.23 bits per heavy atom. The van der Waals surface area contributed by atoms with E-state index in [1.54, 1.807) is 0 Å². The summed E-state index contributed by atoms with van der Waals surface area (Å²) in [5.41, 5.74) is 7.85. The molecule has 0 aliphatic rings. The maximum Gasteiger partial charge on any atom is 0.0892 e. The standard InChI is InChI=1S/C27H23N3/c1-3-30-26-7-5-4-6-22(26)23-17-20(10-11-27(23)30)8-9-21-13-15-29-25(18-21)24-16-19(2)12-14-28-24/h4-18H,3H2,1-2H3/b9-8+. The van der Waals surface area contributed by atoms with E-state index in [-0.39, 0.29) is 0 Å². The van der Waals surface area contributed by atoms with E-state index < -0.39 is 0 Å². The molecular weight excluding hydrogens is 366 g/mol. The lowest BCUT2D eigenvalue weighted by Gasteiger charge is -2.03. The van der Waals surface area contributed by atoms with Gasteiger partial charge in [-0.15, -0.1) is 0 Å². The van der Waals surface area contributed by atoms with Gasteiger partial charge in [-0.25, -0.2) is 0 Å². The molecule has 0 bridgehead atoms. The second-order valence-electron chi connectivity index (χ2n) is 7.56. The molecule has 2 aromatic carbocycles. The van der Waals surface area contributed by atoms with Crippen LogP contribution in [0.5, 0.6) is 0 Å². The average molecular weight is 390 g/mol. The zero-order chi connectivity index (χ0) is 20.5. The molecule has 0 aliphatic carbocycles. The van der Waals surface area contributed by atoms with Gasteiger partial charge in [0, 0.05) is 40.7 Å². The summed E-state index contributed by atoms with van der Waals surface area (Å²) in [6.07, 6.45) is 7.98. The fraction of sp³-hybridized carbons (Fsp3) is 0.111. The first kappa shape index (κ1) is 18.3. The average Bonchev–Trinajstić information content (AvgIpc) is 3.11. The zero-order valence-electron chi connectivity index (χ0n) is 17.2. The Hall–Kier alpha value is -3.72. The summed E-state index contributed by atoms with van der Waals surface area (Å²) in [5, 5.41) is 2.61. The number of pyridine rings is 2. The van der Waals surface area contributed by atoms with Gasteiger partial charge in [-0.1, -0.05) is 36.4 Å². The molecule has 5 aromatic rings. The molecule has 0 N–H and O–H groups in total. The van der Waals surface area contributed by atoms with Crippen LogP contribution in [0.2, 0.25) is 0 Å². The topological polar surface area (TPSA) is 30.7 Å². The lowest BCUT2D eigenvalue weighted by Crippen LogP contribution is -1.92. The van der Waals surface area contributed by atoms with Gasteiger partial charge in [-0.05, 0) is 73.0 Å². The van der Waals surface area contributed by atoms with Crippen molar-refractivity contribution in [1.82, 2.24) is 14.5 Å². The first-order valence-electron chi connectivity index (χ1n) is 10.3. The Kier molecular flexibility index (Phi) is 4.64. The van der Waals surface area contributed by atoms with Crippen molar-refractivity contribution in [2.24, 2.45) is 0 Å². The molecule has 3 heteroatoms. The first-order valence-corrected chi connectivity index (χ1v) is 10.3. The van der Waals surface area contributed by atoms with Crippen molar-refractivity contribution in [2.75, 3.05) is 0 Å². The second-order valence-corrected chi connectivity index (χ2v) is 7.56. The molecule has 3 nitrogen and oxygen atoms in total. The highest BCUT2D eigenvalue weighted by atomic mass is 15.0. The van der Waals surface area contributed by atoms with Crippen LogP contribution in [0.3, 0.4) is 0 Å². The molecule has 146 valence electrons. The lowest BCUT2D eigenvalue weighted by atomic mass is 10.1. The van der Waals surface area contributed by atoms with Gasteiger partial charge in [0.25, 0.3) is 0 Å². The fourth-order valence-electron chi connectivity index (χ4n) is 4.07. The predicted octanol–water partition coefficient (Wildman–Crippen LogP) is 6.75. The van der Waals surface area contributed by atoms with Crippen molar-refractivity contribution in [1.29, 1.82) is 0 Å². The van der Waals surface area contributed by atoms with Gasteiger partial charge in [0.05, 0.1) is 11.4 Å².